The highest BCUT2D eigenvalue weighted by atomic mass is 16.6. The van der Waals surface area contributed by atoms with Crippen molar-refractivity contribution >= 4 is 12.1 Å². The second-order valence-corrected chi connectivity index (χ2v) is 8.12. The Morgan fingerprint density at radius 3 is 2.27 bits per heavy atom. The highest BCUT2D eigenvalue weighted by Gasteiger charge is 2.24. The van der Waals surface area contributed by atoms with Crippen molar-refractivity contribution in [2.45, 2.75) is 65.1 Å². The van der Waals surface area contributed by atoms with Crippen molar-refractivity contribution in [1.29, 1.82) is 0 Å². The van der Waals surface area contributed by atoms with Crippen LogP contribution in [0.1, 0.15) is 58.4 Å². The molecule has 0 heterocycles. The predicted molar refractivity (Wildman–Crippen MR) is 101 cm³/mol. The molecule has 144 valence electrons. The van der Waals surface area contributed by atoms with Crippen LogP contribution in [0.25, 0.3) is 0 Å². The molecule has 2 rings (SSSR count). The molecule has 0 unspecified atom stereocenters. The van der Waals surface area contributed by atoms with Crippen LogP contribution >= 0.6 is 0 Å². The van der Waals surface area contributed by atoms with Crippen LogP contribution in [0.15, 0.2) is 30.3 Å². The number of hydrogen-bond donors (Lipinski definition) is 1. The monoisotopic (exact) mass is 361 g/mol. The summed E-state index contributed by atoms with van der Waals surface area (Å²) in [6.45, 7) is 6.55. The minimum Gasteiger partial charge on any atom is -0.461 e. The number of rotatable bonds is 6. The van der Waals surface area contributed by atoms with Gasteiger partial charge >= 0.3 is 12.1 Å². The van der Waals surface area contributed by atoms with E-state index in [0.29, 0.717) is 31.4 Å². The van der Waals surface area contributed by atoms with Crippen LogP contribution in [-0.2, 0) is 20.9 Å². The number of hydrogen-bond acceptors (Lipinski definition) is 4. The fourth-order valence-electron chi connectivity index (χ4n) is 3.21. The second kappa shape index (κ2) is 9.60. The Morgan fingerprint density at radius 2 is 1.65 bits per heavy atom. The summed E-state index contributed by atoms with van der Waals surface area (Å²) >= 11 is 0. The molecule has 0 aliphatic heterocycles. The van der Waals surface area contributed by atoms with Crippen molar-refractivity contribution < 1.29 is 19.1 Å². The summed E-state index contributed by atoms with van der Waals surface area (Å²) in [4.78, 5) is 23.7. The average Bonchev–Trinajstić information content (AvgIpc) is 2.59. The average molecular weight is 361 g/mol. The maximum atomic E-state index is 12.0. The second-order valence-electron chi connectivity index (χ2n) is 8.12. The van der Waals surface area contributed by atoms with Gasteiger partial charge in [0.15, 0.2) is 0 Å². The Morgan fingerprint density at radius 1 is 1.04 bits per heavy atom. The third-order valence-electron chi connectivity index (χ3n) is 4.60. The molecule has 1 aromatic rings. The van der Waals surface area contributed by atoms with Crippen LogP contribution in [0.2, 0.25) is 0 Å². The molecule has 26 heavy (non-hydrogen) atoms. The largest absolute Gasteiger partial charge is 0.461 e. The van der Waals surface area contributed by atoms with Crippen LogP contribution < -0.4 is 5.32 Å². The number of ether oxygens (including phenoxy) is 2. The number of amides is 1. The molecule has 0 bridgehead atoms. The van der Waals surface area contributed by atoms with Crippen LogP contribution in [0.3, 0.4) is 0 Å². The van der Waals surface area contributed by atoms with E-state index in [2.05, 4.69) is 5.32 Å². The van der Waals surface area contributed by atoms with Gasteiger partial charge in [-0.1, -0.05) is 30.3 Å². The van der Waals surface area contributed by atoms with E-state index >= 15 is 0 Å². The molecule has 0 saturated heterocycles. The van der Waals surface area contributed by atoms with Crippen LogP contribution in [-0.4, -0.2) is 24.2 Å². The number of carbonyl (C=O) groups excluding carboxylic acids is 2. The molecular formula is C21H31NO4. The van der Waals surface area contributed by atoms with Gasteiger partial charge in [0.05, 0.1) is 0 Å². The molecule has 0 atom stereocenters. The van der Waals surface area contributed by atoms with Gasteiger partial charge < -0.3 is 14.8 Å². The minimum absolute atomic E-state index is 0.121. The van der Waals surface area contributed by atoms with E-state index in [1.165, 1.54) is 0 Å². The molecule has 1 saturated carbocycles. The van der Waals surface area contributed by atoms with E-state index in [4.69, 9.17) is 9.47 Å². The predicted octanol–water partition coefficient (Wildman–Crippen LogP) is 4.45. The van der Waals surface area contributed by atoms with Crippen molar-refractivity contribution in [3.8, 4) is 0 Å². The van der Waals surface area contributed by atoms with Gasteiger partial charge in [0.2, 0.25) is 0 Å². The Labute approximate surface area is 156 Å². The summed E-state index contributed by atoms with van der Waals surface area (Å²) in [7, 11) is 0. The van der Waals surface area contributed by atoms with Gasteiger partial charge in [-0.3, -0.25) is 4.79 Å². The van der Waals surface area contributed by atoms with E-state index in [0.717, 1.165) is 31.2 Å². The molecule has 5 nitrogen and oxygen atoms in total. The van der Waals surface area contributed by atoms with Crippen molar-refractivity contribution in [3.05, 3.63) is 35.9 Å². The van der Waals surface area contributed by atoms with E-state index < -0.39 is 5.60 Å². The van der Waals surface area contributed by atoms with Gasteiger partial charge in [0.25, 0.3) is 0 Å². The summed E-state index contributed by atoms with van der Waals surface area (Å²) in [5, 5.41) is 2.85. The molecule has 1 fully saturated rings. The molecule has 1 aromatic carbocycles. The lowest BCUT2D eigenvalue weighted by Crippen LogP contribution is -2.36. The third-order valence-corrected chi connectivity index (χ3v) is 4.60. The van der Waals surface area contributed by atoms with Gasteiger partial charge in [-0.05, 0) is 63.9 Å². The molecule has 1 aliphatic rings. The molecule has 5 heteroatoms. The summed E-state index contributed by atoms with van der Waals surface area (Å²) in [6, 6.07) is 9.74. The van der Waals surface area contributed by atoms with Gasteiger partial charge in [-0.15, -0.1) is 0 Å². The molecule has 0 aromatic heterocycles. The van der Waals surface area contributed by atoms with Crippen molar-refractivity contribution in [1.82, 2.24) is 5.32 Å². The van der Waals surface area contributed by atoms with Crippen LogP contribution in [0.5, 0.6) is 0 Å². The van der Waals surface area contributed by atoms with E-state index in [-0.39, 0.29) is 12.1 Å². The van der Waals surface area contributed by atoms with E-state index in [1.54, 1.807) is 0 Å². The molecule has 1 N–H and O–H groups in total. The summed E-state index contributed by atoms with van der Waals surface area (Å²) in [5.41, 5.74) is 0.541. The van der Waals surface area contributed by atoms with Gasteiger partial charge in [-0.2, -0.15) is 0 Å². The Bertz CT molecular complexity index is 571. The maximum absolute atomic E-state index is 12.0. The highest BCUT2D eigenvalue weighted by Crippen LogP contribution is 2.30. The van der Waals surface area contributed by atoms with Crippen molar-refractivity contribution in [2.75, 3.05) is 6.54 Å². The standard InChI is InChI=1S/C21H31NO4/c1-21(2,3)26-20(24)22-14-17-11-9-16(10-12-17)13-19(23)25-15-18-7-5-4-6-8-18/h4-8,16-17H,9-15H2,1-3H3,(H,22,24)/t16-,17-. The lowest BCUT2D eigenvalue weighted by molar-refractivity contribution is -0.146. The zero-order chi connectivity index (χ0) is 19.0. The van der Waals surface area contributed by atoms with Gasteiger partial charge in [-0.25, -0.2) is 4.79 Å². The first kappa shape index (κ1) is 20.3. The fourth-order valence-corrected chi connectivity index (χ4v) is 3.21. The molecule has 0 spiro atoms. The zero-order valence-corrected chi connectivity index (χ0v) is 16.1. The zero-order valence-electron chi connectivity index (χ0n) is 16.1. The lowest BCUT2D eigenvalue weighted by Gasteiger charge is -2.28. The number of benzene rings is 1. The first-order valence-corrected chi connectivity index (χ1v) is 9.48. The summed E-state index contributed by atoms with van der Waals surface area (Å²) < 4.78 is 10.6. The minimum atomic E-state index is -0.470. The highest BCUT2D eigenvalue weighted by molar-refractivity contribution is 5.69. The summed E-state index contributed by atoms with van der Waals surface area (Å²) in [6.07, 6.45) is 4.17. The van der Waals surface area contributed by atoms with Crippen LogP contribution in [0.4, 0.5) is 4.79 Å². The number of nitrogens with one attached hydrogen (secondary N) is 1. The molecule has 1 aliphatic carbocycles. The number of carbonyl (C=O) groups is 2. The topological polar surface area (TPSA) is 64.6 Å². The molecule has 1 amide bonds. The third kappa shape index (κ3) is 7.89. The number of alkyl carbamates (subject to hydrolysis) is 1. The summed E-state index contributed by atoms with van der Waals surface area (Å²) in [5.74, 6) is 0.722. The Balaban J connectivity index is 1.60. The van der Waals surface area contributed by atoms with E-state index in [9.17, 15) is 9.59 Å². The van der Waals surface area contributed by atoms with Crippen molar-refractivity contribution in [3.63, 3.8) is 0 Å². The quantitative estimate of drug-likeness (QED) is 0.760. The lowest BCUT2D eigenvalue weighted by atomic mass is 9.80. The van der Waals surface area contributed by atoms with Gasteiger partial charge in [0.1, 0.15) is 12.2 Å². The van der Waals surface area contributed by atoms with Crippen molar-refractivity contribution in [2.24, 2.45) is 11.8 Å². The maximum Gasteiger partial charge on any atom is 0.407 e. The number of esters is 1. The fraction of sp³-hybridized carbons (Fsp3) is 0.619. The molecule has 0 radical (unpaired) electrons. The smallest absolute Gasteiger partial charge is 0.407 e. The Hall–Kier alpha value is -2.04. The van der Waals surface area contributed by atoms with E-state index in [1.807, 2.05) is 51.1 Å². The Kier molecular flexibility index (Phi) is 7.49. The van der Waals surface area contributed by atoms with Gasteiger partial charge in [0, 0.05) is 13.0 Å². The first-order valence-electron chi connectivity index (χ1n) is 9.48. The van der Waals surface area contributed by atoms with Crippen LogP contribution in [0, 0.1) is 11.8 Å². The SMILES string of the molecule is CC(C)(C)OC(=O)NC[C@H]1CC[C@H](CC(=O)OCc2ccccc2)CC1. The normalized spacial score (nSPS) is 20.3. The first-order chi connectivity index (χ1) is 12.3. The molecular weight excluding hydrogens is 330 g/mol.